The number of hydrogen-bond acceptors (Lipinski definition) is 10. The third-order valence-electron chi connectivity index (χ3n) is 12.7. The molecular formula is C48H96NO11P. The van der Waals surface area contributed by atoms with Gasteiger partial charge in [-0.1, -0.05) is 226 Å². The smallest absolute Gasteiger partial charge is 0.391 e. The molecule has 0 bridgehead atoms. The minimum atomic E-state index is -5.05. The van der Waals surface area contributed by atoms with E-state index in [9.17, 15) is 44.9 Å². The van der Waals surface area contributed by atoms with E-state index in [0.29, 0.717) is 19.3 Å². The van der Waals surface area contributed by atoms with Crippen LogP contribution in [-0.2, 0) is 18.4 Å². The number of rotatable bonds is 43. The summed E-state index contributed by atoms with van der Waals surface area (Å²) in [5, 5.41) is 64.2. The molecule has 0 saturated heterocycles. The zero-order valence-electron chi connectivity index (χ0n) is 39.0. The van der Waals surface area contributed by atoms with Crippen molar-refractivity contribution < 1.29 is 53.9 Å². The van der Waals surface area contributed by atoms with Gasteiger partial charge >= 0.3 is 7.82 Å². The van der Waals surface area contributed by atoms with Gasteiger partial charge in [-0.2, -0.15) is 0 Å². The highest BCUT2D eigenvalue weighted by Gasteiger charge is 2.51. The van der Waals surface area contributed by atoms with Crippen LogP contribution in [0.4, 0.5) is 0 Å². The van der Waals surface area contributed by atoms with Crippen LogP contribution in [0.3, 0.4) is 0 Å². The zero-order valence-corrected chi connectivity index (χ0v) is 39.9. The number of aliphatic hydroxyl groups is 6. The van der Waals surface area contributed by atoms with Gasteiger partial charge in [0, 0.05) is 6.42 Å². The van der Waals surface area contributed by atoms with Crippen LogP contribution in [0.5, 0.6) is 0 Å². The molecular weight excluding hydrogens is 797 g/mol. The Kier molecular flexibility index (Phi) is 36.9. The van der Waals surface area contributed by atoms with Crippen LogP contribution in [0.25, 0.3) is 0 Å². The molecule has 61 heavy (non-hydrogen) atoms. The van der Waals surface area contributed by atoms with Crippen molar-refractivity contribution in [1.29, 1.82) is 0 Å². The highest BCUT2D eigenvalue weighted by molar-refractivity contribution is 7.47. The molecule has 0 heterocycles. The SMILES string of the molecule is CCCCCCCCCCCCCCCCCCCCCCCC(=O)N[C@@H](COP(=O)(O)OC1[C@H](O)[C@H](O)C(O)[C@H](O)[C@H]1O)[C@H](O)CCCCCCCCCCCCCCC. The summed E-state index contributed by atoms with van der Waals surface area (Å²) in [6.07, 6.45) is 29.9. The van der Waals surface area contributed by atoms with Gasteiger partial charge in [-0.3, -0.25) is 13.8 Å². The third kappa shape index (κ3) is 30.2. The number of phosphoric acid groups is 1. The zero-order chi connectivity index (χ0) is 45.0. The Morgan fingerprint density at radius 1 is 0.492 bits per heavy atom. The van der Waals surface area contributed by atoms with Crippen molar-refractivity contribution in [3.05, 3.63) is 0 Å². The molecule has 0 spiro atoms. The van der Waals surface area contributed by atoms with Crippen molar-refractivity contribution in [3.63, 3.8) is 0 Å². The van der Waals surface area contributed by atoms with E-state index < -0.39 is 63.2 Å². The van der Waals surface area contributed by atoms with Crippen LogP contribution in [-0.4, -0.2) is 96.8 Å². The van der Waals surface area contributed by atoms with Crippen LogP contribution in [0.1, 0.15) is 245 Å². The second kappa shape index (κ2) is 38.6. The van der Waals surface area contributed by atoms with E-state index in [-0.39, 0.29) is 12.3 Å². The van der Waals surface area contributed by atoms with Crippen molar-refractivity contribution in [1.82, 2.24) is 5.32 Å². The highest BCUT2D eigenvalue weighted by Crippen LogP contribution is 2.47. The van der Waals surface area contributed by atoms with Gasteiger partial charge in [0.2, 0.25) is 5.91 Å². The molecule has 13 heteroatoms. The van der Waals surface area contributed by atoms with Gasteiger partial charge in [0.25, 0.3) is 0 Å². The Morgan fingerprint density at radius 2 is 0.787 bits per heavy atom. The largest absolute Gasteiger partial charge is 0.472 e. The molecule has 1 rings (SSSR count). The lowest BCUT2D eigenvalue weighted by Gasteiger charge is -2.41. The Hall–Kier alpha value is -0.660. The fraction of sp³-hybridized carbons (Fsp3) is 0.979. The van der Waals surface area contributed by atoms with Crippen molar-refractivity contribution in [2.24, 2.45) is 0 Å². The summed E-state index contributed by atoms with van der Waals surface area (Å²) in [5.74, 6) is -0.303. The number of unbranched alkanes of at least 4 members (excludes halogenated alkanes) is 32. The van der Waals surface area contributed by atoms with Crippen LogP contribution in [0, 0.1) is 0 Å². The minimum absolute atomic E-state index is 0.243. The number of hydrogen-bond donors (Lipinski definition) is 8. The molecule has 1 aliphatic rings. The first kappa shape index (κ1) is 58.4. The average molecular weight is 894 g/mol. The average Bonchev–Trinajstić information content (AvgIpc) is 3.24. The van der Waals surface area contributed by atoms with Gasteiger partial charge in [-0.25, -0.2) is 4.57 Å². The Labute approximate surface area is 372 Å². The summed E-state index contributed by atoms with van der Waals surface area (Å²) in [6, 6.07) is -1.02. The molecule has 0 radical (unpaired) electrons. The molecule has 8 N–H and O–H groups in total. The maximum Gasteiger partial charge on any atom is 0.472 e. The monoisotopic (exact) mass is 894 g/mol. The first-order valence-electron chi connectivity index (χ1n) is 25.5. The lowest BCUT2D eigenvalue weighted by Crippen LogP contribution is -2.64. The summed E-state index contributed by atoms with van der Waals surface area (Å²) in [7, 11) is -5.05. The van der Waals surface area contributed by atoms with E-state index in [4.69, 9.17) is 9.05 Å². The van der Waals surface area contributed by atoms with E-state index in [1.54, 1.807) is 0 Å². The van der Waals surface area contributed by atoms with E-state index in [1.807, 2.05) is 0 Å². The van der Waals surface area contributed by atoms with Gasteiger partial charge < -0.3 is 40.8 Å². The minimum Gasteiger partial charge on any atom is -0.391 e. The summed E-state index contributed by atoms with van der Waals surface area (Å²) in [5.41, 5.74) is 0. The molecule has 3 unspecified atom stereocenters. The number of carbonyl (C=O) groups excluding carboxylic acids is 1. The lowest BCUT2D eigenvalue weighted by atomic mass is 9.85. The first-order chi connectivity index (χ1) is 29.4. The van der Waals surface area contributed by atoms with Gasteiger partial charge in [-0.15, -0.1) is 0 Å². The lowest BCUT2D eigenvalue weighted by molar-refractivity contribution is -0.220. The normalized spacial score (nSPS) is 22.6. The van der Waals surface area contributed by atoms with Crippen LogP contribution < -0.4 is 5.32 Å². The summed E-state index contributed by atoms with van der Waals surface area (Å²) in [6.45, 7) is 3.91. The number of nitrogens with one attached hydrogen (secondary N) is 1. The molecule has 364 valence electrons. The topological polar surface area (TPSA) is 206 Å². The first-order valence-corrected chi connectivity index (χ1v) is 27.0. The fourth-order valence-electron chi connectivity index (χ4n) is 8.50. The molecule has 12 nitrogen and oxygen atoms in total. The molecule has 0 aromatic rings. The fourth-order valence-corrected chi connectivity index (χ4v) is 9.46. The van der Waals surface area contributed by atoms with Gasteiger partial charge in [0.05, 0.1) is 18.8 Å². The van der Waals surface area contributed by atoms with Crippen molar-refractivity contribution in [2.75, 3.05) is 6.61 Å². The second-order valence-electron chi connectivity index (χ2n) is 18.4. The van der Waals surface area contributed by atoms with Gasteiger partial charge in [-0.05, 0) is 12.8 Å². The third-order valence-corrected chi connectivity index (χ3v) is 13.7. The van der Waals surface area contributed by atoms with Crippen LogP contribution in [0.2, 0.25) is 0 Å². The molecule has 1 saturated carbocycles. The van der Waals surface area contributed by atoms with Crippen LogP contribution >= 0.6 is 7.82 Å². The Morgan fingerprint density at radius 3 is 1.13 bits per heavy atom. The van der Waals surface area contributed by atoms with E-state index in [2.05, 4.69) is 19.2 Å². The maximum atomic E-state index is 13.0. The predicted molar refractivity (Wildman–Crippen MR) is 246 cm³/mol. The number of amides is 1. The summed E-state index contributed by atoms with van der Waals surface area (Å²) >= 11 is 0. The standard InChI is InChI=1S/C48H96NO11P/c1-3-5-7-9-11-13-15-17-18-19-20-21-22-23-24-26-28-30-32-34-36-38-42(51)49-40(41(50)37-35-33-31-29-27-25-16-14-12-10-8-6-4-2)39-59-61(57,58)60-48-46(55)44(53)43(52)45(54)47(48)56/h40-41,43-48,50,52-56H,3-39H2,1-2H3,(H,49,51)(H,57,58)/t40-,41+,43?,44-,45+,46+,47+,48?/m0/s1. The Bertz CT molecular complexity index is 1040. The molecule has 1 aliphatic carbocycles. The summed E-state index contributed by atoms with van der Waals surface area (Å²) in [4.78, 5) is 23.5. The summed E-state index contributed by atoms with van der Waals surface area (Å²) < 4.78 is 23.0. The molecule has 0 aromatic carbocycles. The molecule has 0 aromatic heterocycles. The second-order valence-corrected chi connectivity index (χ2v) is 19.8. The van der Waals surface area contributed by atoms with E-state index in [0.717, 1.165) is 38.5 Å². The van der Waals surface area contributed by atoms with Gasteiger partial charge in [0.15, 0.2) is 0 Å². The molecule has 1 fully saturated rings. The number of carbonyl (C=O) groups is 1. The predicted octanol–water partition coefficient (Wildman–Crippen LogP) is 10.2. The quantitative estimate of drug-likeness (QED) is 0.0214. The van der Waals surface area contributed by atoms with E-state index >= 15 is 0 Å². The van der Waals surface area contributed by atoms with Crippen LogP contribution in [0.15, 0.2) is 0 Å². The number of aliphatic hydroxyl groups excluding tert-OH is 6. The van der Waals surface area contributed by atoms with Crippen molar-refractivity contribution in [2.45, 2.75) is 294 Å². The van der Waals surface area contributed by atoms with E-state index in [1.165, 1.54) is 167 Å². The molecule has 9 atom stereocenters. The molecule has 0 aliphatic heterocycles. The van der Waals surface area contributed by atoms with Crippen molar-refractivity contribution in [3.8, 4) is 0 Å². The van der Waals surface area contributed by atoms with Gasteiger partial charge in [0.1, 0.15) is 36.6 Å². The van der Waals surface area contributed by atoms with Crippen molar-refractivity contribution >= 4 is 13.7 Å². The number of phosphoric ester groups is 1. The maximum absolute atomic E-state index is 13.0. The molecule has 1 amide bonds. The highest BCUT2D eigenvalue weighted by atomic mass is 31.2. The Balaban J connectivity index is 2.37.